The summed E-state index contributed by atoms with van der Waals surface area (Å²) in [6, 6.07) is 19.7. The molecule has 4 rings (SSSR count). The molecular formula is C27H23F3N4O4S2. The van der Waals surface area contributed by atoms with Gasteiger partial charge in [0.2, 0.25) is 0 Å². The first-order valence-corrected chi connectivity index (χ1v) is 13.5. The number of amides is 1. The SMILES string of the molecule is O=C(O)CCNC(=O)c1ccc(CN(c2ccc(SC(F)(F)F)cc2)c2nc(-c3ccc(NO)cc3)cs2)cc1. The van der Waals surface area contributed by atoms with Gasteiger partial charge in [0, 0.05) is 33.6 Å². The van der Waals surface area contributed by atoms with E-state index in [2.05, 4.69) is 10.8 Å². The summed E-state index contributed by atoms with van der Waals surface area (Å²) in [6.45, 7) is 0.324. The minimum absolute atomic E-state index is 0.0118. The number of nitrogens with one attached hydrogen (secondary N) is 2. The van der Waals surface area contributed by atoms with E-state index in [0.717, 1.165) is 11.1 Å². The Labute approximate surface area is 235 Å². The molecule has 1 amide bonds. The maximum absolute atomic E-state index is 12.8. The quantitative estimate of drug-likeness (QED) is 0.112. The van der Waals surface area contributed by atoms with Gasteiger partial charge >= 0.3 is 11.5 Å². The largest absolute Gasteiger partial charge is 0.481 e. The van der Waals surface area contributed by atoms with E-state index < -0.39 is 17.4 Å². The Kier molecular flexibility index (Phi) is 9.30. The van der Waals surface area contributed by atoms with E-state index in [1.807, 2.05) is 10.3 Å². The van der Waals surface area contributed by atoms with Gasteiger partial charge in [-0.05, 0) is 65.9 Å². The minimum Gasteiger partial charge on any atom is -0.481 e. The van der Waals surface area contributed by atoms with Crippen LogP contribution in [0.15, 0.2) is 83.1 Å². The van der Waals surface area contributed by atoms with Gasteiger partial charge in [-0.15, -0.1) is 11.3 Å². The molecule has 0 radical (unpaired) electrons. The predicted molar refractivity (Wildman–Crippen MR) is 148 cm³/mol. The summed E-state index contributed by atoms with van der Waals surface area (Å²) < 4.78 is 38.5. The van der Waals surface area contributed by atoms with Crippen molar-refractivity contribution < 1.29 is 33.1 Å². The van der Waals surface area contributed by atoms with E-state index in [4.69, 9.17) is 15.3 Å². The maximum Gasteiger partial charge on any atom is 0.446 e. The van der Waals surface area contributed by atoms with Crippen LogP contribution in [0.25, 0.3) is 11.3 Å². The molecule has 0 bridgehead atoms. The van der Waals surface area contributed by atoms with Crippen LogP contribution in [0.4, 0.5) is 29.7 Å². The van der Waals surface area contributed by atoms with Crippen molar-refractivity contribution in [3.05, 3.63) is 89.3 Å². The molecule has 4 aromatic rings. The van der Waals surface area contributed by atoms with E-state index in [1.165, 1.54) is 23.5 Å². The fourth-order valence-electron chi connectivity index (χ4n) is 3.66. The summed E-state index contributed by atoms with van der Waals surface area (Å²) in [5, 5.41) is 22.8. The zero-order valence-corrected chi connectivity index (χ0v) is 22.3. The highest BCUT2D eigenvalue weighted by Crippen LogP contribution is 2.39. The summed E-state index contributed by atoms with van der Waals surface area (Å²) in [6.07, 6.45) is -0.183. The number of nitrogens with zero attached hydrogens (tertiary/aromatic N) is 2. The van der Waals surface area contributed by atoms with Crippen molar-refractivity contribution in [3.63, 3.8) is 0 Å². The number of hydrogen-bond donors (Lipinski definition) is 4. The first kappa shape index (κ1) is 28.9. The molecule has 0 spiro atoms. The van der Waals surface area contributed by atoms with Crippen molar-refractivity contribution in [2.24, 2.45) is 0 Å². The van der Waals surface area contributed by atoms with Crippen molar-refractivity contribution in [1.29, 1.82) is 0 Å². The molecule has 0 aliphatic rings. The lowest BCUT2D eigenvalue weighted by atomic mass is 10.1. The Balaban J connectivity index is 1.58. The first-order valence-electron chi connectivity index (χ1n) is 11.8. The maximum atomic E-state index is 12.8. The second-order valence-corrected chi connectivity index (χ2v) is 10.4. The van der Waals surface area contributed by atoms with E-state index in [9.17, 15) is 22.8 Å². The highest BCUT2D eigenvalue weighted by Gasteiger charge is 2.29. The number of benzene rings is 3. The highest BCUT2D eigenvalue weighted by atomic mass is 32.2. The summed E-state index contributed by atoms with van der Waals surface area (Å²) in [7, 11) is 0. The number of carbonyl (C=O) groups excluding carboxylic acids is 1. The third kappa shape index (κ3) is 7.97. The second-order valence-electron chi connectivity index (χ2n) is 8.43. The molecule has 8 nitrogen and oxygen atoms in total. The van der Waals surface area contributed by atoms with E-state index in [-0.39, 0.29) is 29.6 Å². The second kappa shape index (κ2) is 12.9. The molecule has 0 unspecified atom stereocenters. The number of anilines is 3. The van der Waals surface area contributed by atoms with Gasteiger partial charge in [-0.3, -0.25) is 20.3 Å². The molecule has 13 heteroatoms. The molecule has 0 aliphatic carbocycles. The number of thioether (sulfide) groups is 1. The molecule has 3 aromatic carbocycles. The van der Waals surface area contributed by atoms with Gasteiger partial charge in [0.1, 0.15) is 0 Å². The topological polar surface area (TPSA) is 115 Å². The number of carboxylic acid groups (broad SMARTS) is 1. The molecule has 0 aliphatic heterocycles. The van der Waals surface area contributed by atoms with Crippen LogP contribution in [-0.2, 0) is 11.3 Å². The Bertz CT molecular complexity index is 1440. The van der Waals surface area contributed by atoms with Crippen molar-refractivity contribution in [2.45, 2.75) is 23.4 Å². The number of aromatic nitrogens is 1. The number of alkyl halides is 3. The minimum atomic E-state index is -4.39. The summed E-state index contributed by atoms with van der Waals surface area (Å²) in [5.41, 5.74) is 1.51. The van der Waals surface area contributed by atoms with Crippen LogP contribution in [0.3, 0.4) is 0 Å². The van der Waals surface area contributed by atoms with E-state index in [1.54, 1.807) is 60.7 Å². The molecular weight excluding hydrogens is 565 g/mol. The number of carboxylic acids is 1. The number of thiazole rings is 1. The lowest BCUT2D eigenvalue weighted by Crippen LogP contribution is -2.26. The average Bonchev–Trinajstić information content (AvgIpc) is 3.41. The lowest BCUT2D eigenvalue weighted by Gasteiger charge is -2.23. The molecule has 1 heterocycles. The molecule has 0 saturated heterocycles. The standard InChI is InChI=1S/C27H23F3N4O4S2/c28-27(29,30)40-22-11-9-21(10-12-22)34(26-32-23(16-39-26)18-5-7-20(33-38)8-6-18)15-17-1-3-19(4-2-17)25(37)31-14-13-24(35)36/h1-12,16,33,38H,13-15H2,(H,31,37)(H,35,36). The van der Waals surface area contributed by atoms with Gasteiger partial charge in [0.15, 0.2) is 5.13 Å². The monoisotopic (exact) mass is 588 g/mol. The fourth-order valence-corrected chi connectivity index (χ4v) is 5.06. The summed E-state index contributed by atoms with van der Waals surface area (Å²) >= 11 is 1.17. The Morgan fingerprint density at radius 2 is 1.65 bits per heavy atom. The number of carbonyl (C=O) groups is 2. The van der Waals surface area contributed by atoms with Crippen LogP contribution >= 0.6 is 23.1 Å². The van der Waals surface area contributed by atoms with Gasteiger partial charge in [-0.25, -0.2) is 4.98 Å². The number of halogens is 3. The molecule has 0 fully saturated rings. The van der Waals surface area contributed by atoms with Crippen LogP contribution in [-0.4, -0.2) is 39.2 Å². The van der Waals surface area contributed by atoms with Crippen molar-refractivity contribution in [2.75, 3.05) is 16.9 Å². The van der Waals surface area contributed by atoms with Crippen molar-refractivity contribution in [3.8, 4) is 11.3 Å². The molecule has 0 atom stereocenters. The zero-order chi connectivity index (χ0) is 28.7. The lowest BCUT2D eigenvalue weighted by molar-refractivity contribution is -0.136. The van der Waals surface area contributed by atoms with Gasteiger partial charge < -0.3 is 15.3 Å². The van der Waals surface area contributed by atoms with E-state index in [0.29, 0.717) is 34.3 Å². The highest BCUT2D eigenvalue weighted by molar-refractivity contribution is 8.00. The number of aliphatic carboxylic acids is 1. The van der Waals surface area contributed by atoms with Crippen molar-refractivity contribution >= 4 is 51.5 Å². The molecule has 0 saturated carbocycles. The van der Waals surface area contributed by atoms with Gasteiger partial charge in [-0.2, -0.15) is 13.2 Å². The summed E-state index contributed by atoms with van der Waals surface area (Å²) in [4.78, 5) is 29.6. The third-order valence-corrected chi connectivity index (χ3v) is 7.20. The third-order valence-electron chi connectivity index (χ3n) is 5.60. The Morgan fingerprint density at radius 3 is 2.25 bits per heavy atom. The van der Waals surface area contributed by atoms with Gasteiger partial charge in [-0.1, -0.05) is 24.3 Å². The zero-order valence-electron chi connectivity index (χ0n) is 20.7. The normalized spacial score (nSPS) is 11.2. The molecule has 40 heavy (non-hydrogen) atoms. The fraction of sp³-hybridized carbons (Fsp3) is 0.148. The van der Waals surface area contributed by atoms with Crippen LogP contribution in [0.5, 0.6) is 0 Å². The van der Waals surface area contributed by atoms with Gasteiger partial charge in [0.25, 0.3) is 5.91 Å². The van der Waals surface area contributed by atoms with E-state index >= 15 is 0 Å². The summed E-state index contributed by atoms with van der Waals surface area (Å²) in [5.74, 6) is -1.40. The molecule has 4 N–H and O–H groups in total. The Hall–Kier alpha value is -4.07. The molecule has 1 aromatic heterocycles. The molecule has 208 valence electrons. The number of rotatable bonds is 11. The number of hydrogen-bond acceptors (Lipinski definition) is 8. The van der Waals surface area contributed by atoms with Crippen LogP contribution in [0.2, 0.25) is 0 Å². The van der Waals surface area contributed by atoms with Gasteiger partial charge in [0.05, 0.1) is 24.3 Å². The smallest absolute Gasteiger partial charge is 0.446 e. The van der Waals surface area contributed by atoms with Crippen LogP contribution < -0.4 is 15.7 Å². The average molecular weight is 589 g/mol. The Morgan fingerprint density at radius 1 is 0.975 bits per heavy atom. The van der Waals surface area contributed by atoms with Crippen LogP contribution in [0, 0.1) is 0 Å². The predicted octanol–water partition coefficient (Wildman–Crippen LogP) is 6.77. The first-order chi connectivity index (χ1) is 19.1. The van der Waals surface area contributed by atoms with Crippen LogP contribution in [0.1, 0.15) is 22.3 Å². The van der Waals surface area contributed by atoms with Crippen molar-refractivity contribution in [1.82, 2.24) is 10.3 Å².